The number of hydrogen-bond donors (Lipinski definition) is 2. The van der Waals surface area contributed by atoms with E-state index in [1.807, 2.05) is 24.3 Å². The summed E-state index contributed by atoms with van der Waals surface area (Å²) in [6, 6.07) is 7.58. The van der Waals surface area contributed by atoms with Gasteiger partial charge in [0.2, 0.25) is 5.91 Å². The van der Waals surface area contributed by atoms with Crippen LogP contribution in [0.15, 0.2) is 30.3 Å². The molecule has 1 amide bonds. The van der Waals surface area contributed by atoms with Crippen LogP contribution in [0.4, 0.5) is 0 Å². The fraction of sp³-hybridized carbons (Fsp3) is 0.444. The topological polar surface area (TPSA) is 75.6 Å². The number of carboxylic acid groups (broad SMARTS) is 1. The summed E-state index contributed by atoms with van der Waals surface area (Å²) in [5.74, 6) is -0.0903. The number of carbonyl (C=O) groups excluding carboxylic acids is 1. The highest BCUT2D eigenvalue weighted by atomic mass is 16.5. The molecule has 1 rings (SSSR count). The fourth-order valence-electron chi connectivity index (χ4n) is 1.92. The lowest BCUT2D eigenvalue weighted by Crippen LogP contribution is -2.22. The number of aliphatic carboxylic acids is 1. The lowest BCUT2D eigenvalue weighted by molar-refractivity contribution is -0.137. The second-order valence-corrected chi connectivity index (χ2v) is 5.25. The molecule has 0 heterocycles. The number of ether oxygens (including phenoxy) is 1. The van der Waals surface area contributed by atoms with Crippen molar-refractivity contribution in [3.63, 3.8) is 0 Å². The number of nitrogens with one attached hydrogen (secondary N) is 1. The summed E-state index contributed by atoms with van der Waals surface area (Å²) in [4.78, 5) is 22.0. The Morgan fingerprint density at radius 3 is 2.57 bits per heavy atom. The van der Waals surface area contributed by atoms with Gasteiger partial charge in [-0.2, -0.15) is 0 Å². The van der Waals surface area contributed by atoms with Crippen LogP contribution in [-0.2, 0) is 9.59 Å². The van der Waals surface area contributed by atoms with Crippen LogP contribution < -0.4 is 10.1 Å². The molecule has 0 unspecified atom stereocenters. The van der Waals surface area contributed by atoms with Crippen LogP contribution in [0.2, 0.25) is 0 Å². The molecule has 0 aromatic heterocycles. The quantitative estimate of drug-likeness (QED) is 0.485. The standard InChI is InChI=1S/C18H25NO4/c1-2-14-23-16-10-7-15(8-11-16)9-12-17(20)19-13-5-3-4-6-18(21)22/h7-12H,2-6,13-14H2,1H3,(H,19,20)(H,21,22)/b12-9+. The SMILES string of the molecule is CCCOc1ccc(/C=C/C(=O)NCCCCCC(=O)O)cc1. The van der Waals surface area contributed by atoms with Gasteiger partial charge in [-0.3, -0.25) is 9.59 Å². The third-order valence-electron chi connectivity index (χ3n) is 3.15. The Balaban J connectivity index is 2.22. The lowest BCUT2D eigenvalue weighted by atomic mass is 10.2. The van der Waals surface area contributed by atoms with Crippen molar-refractivity contribution in [2.75, 3.05) is 13.2 Å². The highest BCUT2D eigenvalue weighted by Gasteiger charge is 1.98. The first-order valence-electron chi connectivity index (χ1n) is 8.02. The third-order valence-corrected chi connectivity index (χ3v) is 3.15. The van der Waals surface area contributed by atoms with Crippen molar-refractivity contribution < 1.29 is 19.4 Å². The van der Waals surface area contributed by atoms with Gasteiger partial charge in [0.15, 0.2) is 0 Å². The molecule has 0 atom stereocenters. The average molecular weight is 319 g/mol. The lowest BCUT2D eigenvalue weighted by Gasteiger charge is -2.04. The van der Waals surface area contributed by atoms with Gasteiger partial charge in [-0.15, -0.1) is 0 Å². The number of benzene rings is 1. The van der Waals surface area contributed by atoms with E-state index < -0.39 is 5.97 Å². The summed E-state index contributed by atoms with van der Waals surface area (Å²) in [7, 11) is 0. The molecule has 1 aromatic rings. The van der Waals surface area contributed by atoms with Crippen molar-refractivity contribution in [3.05, 3.63) is 35.9 Å². The Hall–Kier alpha value is -2.30. The second kappa shape index (κ2) is 11.3. The summed E-state index contributed by atoms with van der Waals surface area (Å²) in [5.41, 5.74) is 0.936. The molecule has 0 fully saturated rings. The molecular weight excluding hydrogens is 294 g/mol. The summed E-state index contributed by atoms with van der Waals surface area (Å²) >= 11 is 0. The van der Waals surface area contributed by atoms with E-state index >= 15 is 0 Å². The molecule has 0 saturated heterocycles. The van der Waals surface area contributed by atoms with Crippen molar-refractivity contribution in [3.8, 4) is 5.75 Å². The Morgan fingerprint density at radius 2 is 1.91 bits per heavy atom. The minimum atomic E-state index is -0.775. The van der Waals surface area contributed by atoms with Crippen molar-refractivity contribution in [2.45, 2.75) is 39.0 Å². The van der Waals surface area contributed by atoms with Gasteiger partial charge in [-0.25, -0.2) is 0 Å². The van der Waals surface area contributed by atoms with E-state index in [2.05, 4.69) is 12.2 Å². The smallest absolute Gasteiger partial charge is 0.303 e. The highest BCUT2D eigenvalue weighted by Crippen LogP contribution is 2.13. The zero-order valence-electron chi connectivity index (χ0n) is 13.6. The molecular formula is C18H25NO4. The predicted octanol–water partition coefficient (Wildman–Crippen LogP) is 3.25. The number of hydrogen-bond acceptors (Lipinski definition) is 3. The minimum absolute atomic E-state index is 0.144. The minimum Gasteiger partial charge on any atom is -0.494 e. The summed E-state index contributed by atoms with van der Waals surface area (Å²) < 4.78 is 5.50. The van der Waals surface area contributed by atoms with Crippen molar-refractivity contribution in [2.24, 2.45) is 0 Å². The van der Waals surface area contributed by atoms with E-state index in [-0.39, 0.29) is 12.3 Å². The van der Waals surface area contributed by atoms with Gasteiger partial charge >= 0.3 is 5.97 Å². The average Bonchev–Trinajstić information content (AvgIpc) is 2.55. The van der Waals surface area contributed by atoms with Gasteiger partial charge in [0, 0.05) is 19.0 Å². The Bertz CT molecular complexity index is 508. The van der Waals surface area contributed by atoms with Crippen LogP contribution in [0, 0.1) is 0 Å². The van der Waals surface area contributed by atoms with E-state index in [1.165, 1.54) is 6.08 Å². The Kier molecular flexibility index (Phi) is 9.20. The summed E-state index contributed by atoms with van der Waals surface area (Å²) in [6.45, 7) is 3.32. The monoisotopic (exact) mass is 319 g/mol. The molecule has 0 aliphatic carbocycles. The molecule has 23 heavy (non-hydrogen) atoms. The van der Waals surface area contributed by atoms with Crippen LogP contribution in [0.3, 0.4) is 0 Å². The second-order valence-electron chi connectivity index (χ2n) is 5.25. The van der Waals surface area contributed by atoms with Crippen LogP contribution in [0.25, 0.3) is 6.08 Å². The zero-order valence-corrected chi connectivity index (χ0v) is 13.6. The number of unbranched alkanes of at least 4 members (excludes halogenated alkanes) is 2. The fourth-order valence-corrected chi connectivity index (χ4v) is 1.92. The van der Waals surface area contributed by atoms with Crippen molar-refractivity contribution in [1.29, 1.82) is 0 Å². The van der Waals surface area contributed by atoms with E-state index in [4.69, 9.17) is 9.84 Å². The molecule has 2 N–H and O–H groups in total. The van der Waals surface area contributed by atoms with E-state index in [9.17, 15) is 9.59 Å². The number of amides is 1. The molecule has 5 heteroatoms. The Morgan fingerprint density at radius 1 is 1.17 bits per heavy atom. The van der Waals surface area contributed by atoms with Gasteiger partial charge in [-0.1, -0.05) is 25.5 Å². The molecule has 0 aliphatic rings. The van der Waals surface area contributed by atoms with Crippen LogP contribution in [0.5, 0.6) is 5.75 Å². The van der Waals surface area contributed by atoms with Crippen molar-refractivity contribution >= 4 is 18.0 Å². The van der Waals surface area contributed by atoms with Gasteiger partial charge in [-0.05, 0) is 43.0 Å². The zero-order chi connectivity index (χ0) is 16.9. The largest absolute Gasteiger partial charge is 0.494 e. The molecule has 0 radical (unpaired) electrons. The van der Waals surface area contributed by atoms with Gasteiger partial charge in [0.05, 0.1) is 6.61 Å². The van der Waals surface area contributed by atoms with Gasteiger partial charge in [0.25, 0.3) is 0 Å². The number of carboxylic acids is 1. The number of rotatable bonds is 11. The van der Waals surface area contributed by atoms with E-state index in [0.29, 0.717) is 19.6 Å². The third kappa shape index (κ3) is 9.34. The van der Waals surface area contributed by atoms with Crippen LogP contribution in [0.1, 0.15) is 44.6 Å². The maximum atomic E-state index is 11.6. The van der Waals surface area contributed by atoms with Gasteiger partial charge in [0.1, 0.15) is 5.75 Å². The predicted molar refractivity (Wildman–Crippen MR) is 90.4 cm³/mol. The van der Waals surface area contributed by atoms with Gasteiger partial charge < -0.3 is 15.2 Å². The Labute approximate surface area is 137 Å². The molecule has 0 bridgehead atoms. The molecule has 0 saturated carbocycles. The molecule has 0 aliphatic heterocycles. The maximum absolute atomic E-state index is 11.6. The summed E-state index contributed by atoms with van der Waals surface area (Å²) in [6.07, 6.45) is 6.64. The number of carbonyl (C=O) groups is 2. The summed E-state index contributed by atoms with van der Waals surface area (Å²) in [5, 5.41) is 11.3. The first-order valence-corrected chi connectivity index (χ1v) is 8.02. The molecule has 126 valence electrons. The van der Waals surface area contributed by atoms with Crippen LogP contribution in [-0.4, -0.2) is 30.1 Å². The molecule has 0 spiro atoms. The normalized spacial score (nSPS) is 10.7. The van der Waals surface area contributed by atoms with Crippen molar-refractivity contribution in [1.82, 2.24) is 5.32 Å². The van der Waals surface area contributed by atoms with Crippen LogP contribution >= 0.6 is 0 Å². The van der Waals surface area contributed by atoms with E-state index in [1.54, 1.807) is 6.08 Å². The van der Waals surface area contributed by atoms with E-state index in [0.717, 1.165) is 30.6 Å². The first-order chi connectivity index (χ1) is 11.1. The molecule has 5 nitrogen and oxygen atoms in total. The maximum Gasteiger partial charge on any atom is 0.303 e. The molecule has 1 aromatic carbocycles. The first kappa shape index (κ1) is 18.7. The highest BCUT2D eigenvalue weighted by molar-refractivity contribution is 5.91.